The highest BCUT2D eigenvalue weighted by Crippen LogP contribution is 2.26. The predicted octanol–water partition coefficient (Wildman–Crippen LogP) is 3.13. The third-order valence-electron chi connectivity index (χ3n) is 6.21. The number of ether oxygens (including phenoxy) is 1. The number of piperidine rings is 1. The number of anilines is 1. The highest BCUT2D eigenvalue weighted by Gasteiger charge is 2.31. The summed E-state index contributed by atoms with van der Waals surface area (Å²) in [6, 6.07) is 10.1. The van der Waals surface area contributed by atoms with Gasteiger partial charge in [0, 0.05) is 73.5 Å². The number of nitrogens with zero attached hydrogens (tertiary/aromatic N) is 3. The van der Waals surface area contributed by atoms with Crippen molar-refractivity contribution >= 4 is 29.2 Å². The average molecular weight is 408 g/mol. The molecule has 0 unspecified atom stereocenters. The summed E-state index contributed by atoms with van der Waals surface area (Å²) in [5, 5.41) is 0. The van der Waals surface area contributed by atoms with Gasteiger partial charge in [-0.1, -0.05) is 0 Å². The number of rotatable bonds is 4. The van der Waals surface area contributed by atoms with Crippen molar-refractivity contribution in [1.29, 1.82) is 0 Å². The van der Waals surface area contributed by atoms with Gasteiger partial charge in [0.25, 0.3) is 0 Å². The second-order valence-electron chi connectivity index (χ2n) is 7.82. The predicted molar refractivity (Wildman–Crippen MR) is 120 cm³/mol. The van der Waals surface area contributed by atoms with Gasteiger partial charge in [-0.3, -0.25) is 9.80 Å². The molecule has 0 aliphatic carbocycles. The second-order valence-corrected chi connectivity index (χ2v) is 10.1. The van der Waals surface area contributed by atoms with Crippen molar-refractivity contribution in [3.63, 3.8) is 0 Å². The van der Waals surface area contributed by atoms with Crippen LogP contribution in [-0.2, 0) is 0 Å². The SMILES string of the molecule is COc1ccc(N2CCN([C@@H]3CCCN(C4CSCCSC4)C3)CC2)cc1. The minimum absolute atomic E-state index is 0.759. The lowest BCUT2D eigenvalue weighted by Crippen LogP contribution is -2.57. The first-order chi connectivity index (χ1) is 13.3. The van der Waals surface area contributed by atoms with E-state index in [-0.39, 0.29) is 0 Å². The summed E-state index contributed by atoms with van der Waals surface area (Å²) in [5.41, 5.74) is 1.33. The van der Waals surface area contributed by atoms with E-state index in [2.05, 4.69) is 62.5 Å². The number of methoxy groups -OCH3 is 1. The highest BCUT2D eigenvalue weighted by atomic mass is 32.2. The molecule has 0 radical (unpaired) electrons. The molecule has 3 aliphatic heterocycles. The van der Waals surface area contributed by atoms with Crippen molar-refractivity contribution in [2.24, 2.45) is 0 Å². The summed E-state index contributed by atoms with van der Waals surface area (Å²) in [4.78, 5) is 8.10. The fraction of sp³-hybridized carbons (Fsp3) is 0.714. The first kappa shape index (κ1) is 19.7. The van der Waals surface area contributed by atoms with Gasteiger partial charge in [-0.05, 0) is 43.7 Å². The molecule has 4 rings (SSSR count). The van der Waals surface area contributed by atoms with E-state index in [9.17, 15) is 0 Å². The van der Waals surface area contributed by atoms with Crippen LogP contribution in [0, 0.1) is 0 Å². The number of thioether (sulfide) groups is 2. The maximum Gasteiger partial charge on any atom is 0.119 e. The molecule has 0 bridgehead atoms. The van der Waals surface area contributed by atoms with Gasteiger partial charge in [-0.25, -0.2) is 0 Å². The molecule has 0 amide bonds. The van der Waals surface area contributed by atoms with E-state index < -0.39 is 0 Å². The molecule has 4 nitrogen and oxygen atoms in total. The van der Waals surface area contributed by atoms with Crippen LogP contribution in [0.2, 0.25) is 0 Å². The van der Waals surface area contributed by atoms with Gasteiger partial charge in [-0.2, -0.15) is 23.5 Å². The van der Waals surface area contributed by atoms with Gasteiger partial charge in [0.15, 0.2) is 0 Å². The van der Waals surface area contributed by atoms with Crippen LogP contribution in [0.25, 0.3) is 0 Å². The second kappa shape index (κ2) is 9.77. The third-order valence-corrected chi connectivity index (χ3v) is 8.69. The Morgan fingerprint density at radius 3 is 2.22 bits per heavy atom. The van der Waals surface area contributed by atoms with Crippen LogP contribution in [0.4, 0.5) is 5.69 Å². The Labute approximate surface area is 173 Å². The molecular formula is C21H33N3OS2. The Kier molecular flexibility index (Phi) is 7.14. The van der Waals surface area contributed by atoms with Crippen LogP contribution >= 0.6 is 23.5 Å². The Balaban J connectivity index is 1.29. The molecule has 1 aromatic rings. The number of hydrogen-bond donors (Lipinski definition) is 0. The van der Waals surface area contributed by atoms with Gasteiger partial charge in [0.05, 0.1) is 7.11 Å². The smallest absolute Gasteiger partial charge is 0.119 e. The quantitative estimate of drug-likeness (QED) is 0.758. The van der Waals surface area contributed by atoms with Crippen LogP contribution < -0.4 is 9.64 Å². The molecule has 6 heteroatoms. The first-order valence-electron chi connectivity index (χ1n) is 10.4. The largest absolute Gasteiger partial charge is 0.497 e. The molecule has 150 valence electrons. The Morgan fingerprint density at radius 2 is 1.56 bits per heavy atom. The molecule has 0 saturated carbocycles. The molecule has 0 aromatic heterocycles. The zero-order valence-electron chi connectivity index (χ0n) is 16.5. The van der Waals surface area contributed by atoms with E-state index in [1.54, 1.807) is 7.11 Å². The summed E-state index contributed by atoms with van der Waals surface area (Å²) >= 11 is 4.33. The van der Waals surface area contributed by atoms with E-state index in [0.29, 0.717) is 0 Å². The normalized spacial score (nSPS) is 26.7. The Bertz CT molecular complexity index is 569. The van der Waals surface area contributed by atoms with E-state index in [0.717, 1.165) is 30.9 Å². The molecule has 0 N–H and O–H groups in total. The lowest BCUT2D eigenvalue weighted by Gasteiger charge is -2.45. The summed E-state index contributed by atoms with van der Waals surface area (Å²) in [5.74, 6) is 6.29. The molecule has 1 atom stereocenters. The van der Waals surface area contributed by atoms with Gasteiger partial charge in [0.2, 0.25) is 0 Å². The standard InChI is InChI=1S/C21H33N3OS2/c1-25-21-6-4-18(5-7-21)22-9-11-23(12-10-22)19-3-2-8-24(15-19)20-16-26-13-14-27-17-20/h4-7,19-20H,2-3,8-17H2,1H3/t19-/m1/s1. The van der Waals surface area contributed by atoms with E-state index in [4.69, 9.17) is 4.74 Å². The molecule has 3 fully saturated rings. The van der Waals surface area contributed by atoms with E-state index in [1.165, 1.54) is 67.7 Å². The lowest BCUT2D eigenvalue weighted by molar-refractivity contribution is 0.0783. The fourth-order valence-electron chi connectivity index (χ4n) is 4.57. The summed E-state index contributed by atoms with van der Waals surface area (Å²) in [6.07, 6.45) is 2.75. The summed E-state index contributed by atoms with van der Waals surface area (Å²) < 4.78 is 5.29. The molecule has 0 spiro atoms. The van der Waals surface area contributed by atoms with Gasteiger partial charge >= 0.3 is 0 Å². The zero-order valence-corrected chi connectivity index (χ0v) is 18.1. The minimum Gasteiger partial charge on any atom is -0.497 e. The van der Waals surface area contributed by atoms with Crippen molar-refractivity contribution < 1.29 is 4.74 Å². The van der Waals surface area contributed by atoms with Crippen molar-refractivity contribution in [2.75, 3.05) is 74.3 Å². The monoisotopic (exact) mass is 407 g/mol. The van der Waals surface area contributed by atoms with E-state index in [1.807, 2.05) is 0 Å². The maximum absolute atomic E-state index is 5.29. The summed E-state index contributed by atoms with van der Waals surface area (Å²) in [7, 11) is 1.73. The van der Waals surface area contributed by atoms with Crippen molar-refractivity contribution in [2.45, 2.75) is 24.9 Å². The average Bonchev–Trinajstić information content (AvgIpc) is 3.04. The van der Waals surface area contributed by atoms with E-state index >= 15 is 0 Å². The number of likely N-dealkylation sites (tertiary alicyclic amines) is 1. The van der Waals surface area contributed by atoms with Crippen LogP contribution in [0.15, 0.2) is 24.3 Å². The number of piperazine rings is 1. The fourth-order valence-corrected chi connectivity index (χ4v) is 7.19. The van der Waals surface area contributed by atoms with Crippen LogP contribution in [0.3, 0.4) is 0 Å². The topological polar surface area (TPSA) is 19.0 Å². The molecule has 3 saturated heterocycles. The zero-order chi connectivity index (χ0) is 18.5. The van der Waals surface area contributed by atoms with Crippen molar-refractivity contribution in [3.8, 4) is 5.75 Å². The Hall–Kier alpha value is -0.560. The van der Waals surface area contributed by atoms with Gasteiger partial charge < -0.3 is 9.64 Å². The molecular weight excluding hydrogens is 374 g/mol. The molecule has 1 aromatic carbocycles. The van der Waals surface area contributed by atoms with Gasteiger partial charge in [-0.15, -0.1) is 0 Å². The molecule has 27 heavy (non-hydrogen) atoms. The summed E-state index contributed by atoms with van der Waals surface area (Å²) in [6.45, 7) is 7.26. The minimum atomic E-state index is 0.759. The Morgan fingerprint density at radius 1 is 0.852 bits per heavy atom. The highest BCUT2D eigenvalue weighted by molar-refractivity contribution is 8.03. The molecule has 3 aliphatic rings. The van der Waals surface area contributed by atoms with Crippen molar-refractivity contribution in [1.82, 2.24) is 9.80 Å². The lowest BCUT2D eigenvalue weighted by atomic mass is 10.0. The third kappa shape index (κ3) is 5.08. The molecule has 3 heterocycles. The van der Waals surface area contributed by atoms with Crippen molar-refractivity contribution in [3.05, 3.63) is 24.3 Å². The maximum atomic E-state index is 5.29. The van der Waals surface area contributed by atoms with Crippen LogP contribution in [0.1, 0.15) is 12.8 Å². The van der Waals surface area contributed by atoms with Gasteiger partial charge in [0.1, 0.15) is 5.75 Å². The van der Waals surface area contributed by atoms with Crippen LogP contribution in [-0.4, -0.2) is 91.3 Å². The van der Waals surface area contributed by atoms with Crippen LogP contribution in [0.5, 0.6) is 5.75 Å². The first-order valence-corrected chi connectivity index (χ1v) is 12.7. The number of benzene rings is 1. The number of hydrogen-bond acceptors (Lipinski definition) is 6.